The number of rotatable bonds is 12. The summed E-state index contributed by atoms with van der Waals surface area (Å²) in [6, 6.07) is 0. The summed E-state index contributed by atoms with van der Waals surface area (Å²) < 4.78 is 5.42. The first-order chi connectivity index (χ1) is 10.2. The Hall–Kier alpha value is -1.83. The third kappa shape index (κ3) is 10.6. The lowest BCUT2D eigenvalue weighted by molar-refractivity contribution is -0.148. The Balaban J connectivity index is 4.05. The first-order valence-corrected chi connectivity index (χ1v) is 7.51. The first-order valence-electron chi connectivity index (χ1n) is 7.51. The molecule has 0 amide bonds. The molecule has 0 aromatic carbocycles. The molecule has 0 fully saturated rings. The van der Waals surface area contributed by atoms with Gasteiger partial charge < -0.3 is 4.74 Å². The van der Waals surface area contributed by atoms with Crippen LogP contribution < -0.4 is 0 Å². The van der Waals surface area contributed by atoms with Crippen molar-refractivity contribution in [3.05, 3.63) is 62.3 Å². The van der Waals surface area contributed by atoms with Gasteiger partial charge in [0, 0.05) is 5.92 Å². The van der Waals surface area contributed by atoms with Crippen LogP contribution in [0, 0.1) is 5.92 Å². The SMILES string of the molecule is C=CC=CCC(C=C)C(C)OC(=O)CC=CCCCC=C. The summed E-state index contributed by atoms with van der Waals surface area (Å²) in [5.74, 6) is -0.0660. The van der Waals surface area contributed by atoms with Crippen molar-refractivity contribution in [3.8, 4) is 0 Å². The van der Waals surface area contributed by atoms with Crippen LogP contribution in [0.3, 0.4) is 0 Å². The molecule has 0 aliphatic rings. The Morgan fingerprint density at radius 2 is 1.90 bits per heavy atom. The van der Waals surface area contributed by atoms with Crippen molar-refractivity contribution < 1.29 is 9.53 Å². The lowest BCUT2D eigenvalue weighted by Crippen LogP contribution is -2.22. The normalized spacial score (nSPS) is 14.0. The van der Waals surface area contributed by atoms with Gasteiger partial charge in [-0.3, -0.25) is 4.79 Å². The molecule has 0 radical (unpaired) electrons. The Morgan fingerprint density at radius 3 is 2.52 bits per heavy atom. The third-order valence-corrected chi connectivity index (χ3v) is 3.13. The van der Waals surface area contributed by atoms with Crippen LogP contribution in [-0.2, 0) is 9.53 Å². The first kappa shape index (κ1) is 19.2. The summed E-state index contributed by atoms with van der Waals surface area (Å²) in [7, 11) is 0. The van der Waals surface area contributed by atoms with E-state index in [1.165, 1.54) is 0 Å². The average molecular weight is 288 g/mol. The fourth-order valence-corrected chi connectivity index (χ4v) is 1.83. The van der Waals surface area contributed by atoms with Crippen LogP contribution in [0.1, 0.15) is 39.0 Å². The van der Waals surface area contributed by atoms with Crippen molar-refractivity contribution >= 4 is 5.97 Å². The maximum Gasteiger partial charge on any atom is 0.309 e. The Labute approximate surface area is 129 Å². The van der Waals surface area contributed by atoms with Crippen molar-refractivity contribution in [2.45, 2.75) is 45.1 Å². The Bertz CT molecular complexity index is 377. The number of unbranched alkanes of at least 4 members (excludes halogenated alkanes) is 2. The summed E-state index contributed by atoms with van der Waals surface area (Å²) in [6.07, 6.45) is 17.2. The molecule has 0 aromatic heterocycles. The van der Waals surface area contributed by atoms with E-state index in [0.29, 0.717) is 6.42 Å². The molecule has 0 bridgehead atoms. The molecule has 2 nitrogen and oxygen atoms in total. The zero-order valence-corrected chi connectivity index (χ0v) is 13.2. The van der Waals surface area contributed by atoms with Gasteiger partial charge in [-0.25, -0.2) is 0 Å². The van der Waals surface area contributed by atoms with E-state index in [1.807, 2.05) is 43.4 Å². The van der Waals surface area contributed by atoms with Crippen LogP contribution in [0.5, 0.6) is 0 Å². The highest BCUT2D eigenvalue weighted by atomic mass is 16.5. The van der Waals surface area contributed by atoms with Crippen LogP contribution in [0.4, 0.5) is 0 Å². The highest BCUT2D eigenvalue weighted by molar-refractivity contribution is 5.71. The van der Waals surface area contributed by atoms with Gasteiger partial charge in [-0.05, 0) is 32.6 Å². The van der Waals surface area contributed by atoms with Gasteiger partial charge in [0.05, 0.1) is 6.42 Å². The standard InChI is InChI=1S/C19H28O2/c1-5-8-10-11-12-14-16-19(20)21-17(4)18(7-3)15-13-9-6-2/h5-7,9,12-14,17-18H,1-3,8,10-11,15-16H2,4H3. The Kier molecular flexibility index (Phi) is 12.0. The predicted molar refractivity (Wildman–Crippen MR) is 91.0 cm³/mol. The van der Waals surface area contributed by atoms with E-state index in [0.717, 1.165) is 25.7 Å². The predicted octanol–water partition coefficient (Wildman–Crippen LogP) is 5.16. The number of allylic oxidation sites excluding steroid dienone is 5. The summed E-state index contributed by atoms with van der Waals surface area (Å²) in [5, 5.41) is 0. The molecule has 116 valence electrons. The number of carbonyl (C=O) groups excluding carboxylic acids is 1. The summed E-state index contributed by atoms with van der Waals surface area (Å²) in [6.45, 7) is 13.0. The van der Waals surface area contributed by atoms with E-state index in [4.69, 9.17) is 4.74 Å². The second-order valence-corrected chi connectivity index (χ2v) is 4.89. The lowest BCUT2D eigenvalue weighted by atomic mass is 9.99. The molecule has 0 saturated carbocycles. The van der Waals surface area contributed by atoms with Gasteiger partial charge in [0.1, 0.15) is 6.10 Å². The minimum absolute atomic E-state index is 0.127. The van der Waals surface area contributed by atoms with Crippen molar-refractivity contribution in [2.24, 2.45) is 5.92 Å². The molecule has 0 N–H and O–H groups in total. The third-order valence-electron chi connectivity index (χ3n) is 3.13. The van der Waals surface area contributed by atoms with E-state index < -0.39 is 0 Å². The molecule has 0 aliphatic carbocycles. The van der Waals surface area contributed by atoms with Crippen LogP contribution in [0.2, 0.25) is 0 Å². The van der Waals surface area contributed by atoms with Gasteiger partial charge in [0.25, 0.3) is 0 Å². The fraction of sp³-hybridized carbons (Fsp3) is 0.421. The number of hydrogen-bond donors (Lipinski definition) is 0. The largest absolute Gasteiger partial charge is 0.462 e. The highest BCUT2D eigenvalue weighted by Gasteiger charge is 2.16. The van der Waals surface area contributed by atoms with Gasteiger partial charge in [0.15, 0.2) is 0 Å². The molecule has 2 unspecified atom stereocenters. The van der Waals surface area contributed by atoms with Crippen LogP contribution in [-0.4, -0.2) is 12.1 Å². The summed E-state index contributed by atoms with van der Waals surface area (Å²) >= 11 is 0. The quantitative estimate of drug-likeness (QED) is 0.215. The summed E-state index contributed by atoms with van der Waals surface area (Å²) in [5.41, 5.74) is 0. The maximum atomic E-state index is 11.7. The fourth-order valence-electron chi connectivity index (χ4n) is 1.83. The van der Waals surface area contributed by atoms with Gasteiger partial charge >= 0.3 is 5.97 Å². The number of carbonyl (C=O) groups is 1. The molecule has 2 atom stereocenters. The van der Waals surface area contributed by atoms with Crippen molar-refractivity contribution in [2.75, 3.05) is 0 Å². The lowest BCUT2D eigenvalue weighted by Gasteiger charge is -2.19. The molecular weight excluding hydrogens is 260 g/mol. The van der Waals surface area contributed by atoms with Crippen molar-refractivity contribution in [3.63, 3.8) is 0 Å². The van der Waals surface area contributed by atoms with Crippen LogP contribution in [0.25, 0.3) is 0 Å². The molecule has 0 aromatic rings. The number of esters is 1. The zero-order valence-electron chi connectivity index (χ0n) is 13.2. The zero-order chi connectivity index (χ0) is 15.9. The molecule has 0 spiro atoms. The molecule has 0 aliphatic heterocycles. The van der Waals surface area contributed by atoms with E-state index in [2.05, 4.69) is 19.7 Å². The van der Waals surface area contributed by atoms with Gasteiger partial charge in [-0.1, -0.05) is 49.1 Å². The molecule has 2 heteroatoms. The number of ether oxygens (including phenoxy) is 1. The molecule has 0 saturated heterocycles. The Morgan fingerprint density at radius 1 is 1.14 bits per heavy atom. The molecular formula is C19H28O2. The van der Waals surface area contributed by atoms with Crippen molar-refractivity contribution in [1.29, 1.82) is 0 Å². The topological polar surface area (TPSA) is 26.3 Å². The van der Waals surface area contributed by atoms with Crippen molar-refractivity contribution in [1.82, 2.24) is 0 Å². The average Bonchev–Trinajstić information content (AvgIpc) is 2.47. The van der Waals surface area contributed by atoms with E-state index >= 15 is 0 Å². The van der Waals surface area contributed by atoms with Crippen LogP contribution >= 0.6 is 0 Å². The minimum Gasteiger partial charge on any atom is -0.462 e. The van der Waals surface area contributed by atoms with Gasteiger partial charge in [-0.15, -0.1) is 13.2 Å². The van der Waals surface area contributed by atoms with E-state index in [9.17, 15) is 4.79 Å². The van der Waals surface area contributed by atoms with E-state index in [-0.39, 0.29) is 18.0 Å². The summed E-state index contributed by atoms with van der Waals surface area (Å²) in [4.78, 5) is 11.7. The molecule has 21 heavy (non-hydrogen) atoms. The van der Waals surface area contributed by atoms with Gasteiger partial charge in [-0.2, -0.15) is 0 Å². The van der Waals surface area contributed by atoms with E-state index in [1.54, 1.807) is 6.08 Å². The smallest absolute Gasteiger partial charge is 0.309 e. The maximum absolute atomic E-state index is 11.7. The second kappa shape index (κ2) is 13.2. The minimum atomic E-state index is -0.193. The molecule has 0 rings (SSSR count). The van der Waals surface area contributed by atoms with Gasteiger partial charge in [0.2, 0.25) is 0 Å². The number of hydrogen-bond acceptors (Lipinski definition) is 2. The monoisotopic (exact) mass is 288 g/mol. The highest BCUT2D eigenvalue weighted by Crippen LogP contribution is 2.15. The molecule has 0 heterocycles. The second-order valence-electron chi connectivity index (χ2n) is 4.89. The van der Waals surface area contributed by atoms with Crippen LogP contribution in [0.15, 0.2) is 62.3 Å².